The molecule has 0 bridgehead atoms. The number of sulfone groups is 1. The van der Waals surface area contributed by atoms with Crippen molar-refractivity contribution in [2.24, 2.45) is 11.7 Å². The molecule has 0 saturated heterocycles. The van der Waals surface area contributed by atoms with E-state index in [0.717, 1.165) is 25.7 Å². The molecule has 1 unspecified atom stereocenters. The minimum Gasteiger partial charge on any atom is -0.494 e. The third kappa shape index (κ3) is 6.78. The number of carbonyl (C=O) groups excluding carboxylic acids is 1. The van der Waals surface area contributed by atoms with Gasteiger partial charge >= 0.3 is 0 Å². The maximum Gasteiger partial charge on any atom is 0.220 e. The summed E-state index contributed by atoms with van der Waals surface area (Å²) in [5.74, 6) is 1.18. The third-order valence-electron chi connectivity index (χ3n) is 4.65. The van der Waals surface area contributed by atoms with Crippen molar-refractivity contribution in [1.29, 1.82) is 0 Å². The summed E-state index contributed by atoms with van der Waals surface area (Å²) in [4.78, 5) is 12.3. The number of nitrogens with two attached hydrogens (primary N) is 1. The van der Waals surface area contributed by atoms with Gasteiger partial charge in [-0.15, -0.1) is 12.4 Å². The smallest absolute Gasteiger partial charge is 0.220 e. The van der Waals surface area contributed by atoms with Crippen molar-refractivity contribution in [1.82, 2.24) is 5.32 Å². The summed E-state index contributed by atoms with van der Waals surface area (Å²) in [5.41, 5.74) is 5.53. The van der Waals surface area contributed by atoms with Crippen molar-refractivity contribution >= 4 is 28.2 Å². The second kappa shape index (κ2) is 9.58. The normalized spacial score (nSPS) is 16.3. The molecule has 8 heteroatoms. The van der Waals surface area contributed by atoms with Crippen molar-refractivity contribution in [3.63, 3.8) is 0 Å². The van der Waals surface area contributed by atoms with Crippen LogP contribution in [0.15, 0.2) is 29.2 Å². The first-order chi connectivity index (χ1) is 11.7. The van der Waals surface area contributed by atoms with Gasteiger partial charge in [0.15, 0.2) is 9.84 Å². The molecule has 0 heterocycles. The molecular formula is C18H29ClN2O4S. The Morgan fingerprint density at radius 2 is 1.88 bits per heavy atom. The maximum atomic E-state index is 12.1. The van der Waals surface area contributed by atoms with E-state index in [1.807, 2.05) is 6.92 Å². The van der Waals surface area contributed by atoms with Crippen molar-refractivity contribution in [2.75, 3.05) is 19.4 Å². The largest absolute Gasteiger partial charge is 0.494 e. The van der Waals surface area contributed by atoms with Crippen LogP contribution in [0.1, 0.15) is 39.0 Å². The Kier molecular flexibility index (Phi) is 8.37. The van der Waals surface area contributed by atoms with Gasteiger partial charge in [0, 0.05) is 19.2 Å². The number of halogens is 1. The van der Waals surface area contributed by atoms with E-state index in [9.17, 15) is 13.2 Å². The van der Waals surface area contributed by atoms with Crippen LogP contribution in [-0.2, 0) is 14.6 Å². The van der Waals surface area contributed by atoms with Crippen LogP contribution in [0.4, 0.5) is 0 Å². The highest BCUT2D eigenvalue weighted by atomic mass is 35.5. The fourth-order valence-corrected chi connectivity index (χ4v) is 3.41. The molecule has 148 valence electrons. The number of unbranched alkanes of at least 4 members (excludes halogenated alkanes) is 1. The minimum absolute atomic E-state index is 0. The second-order valence-electron chi connectivity index (χ2n) is 6.99. The summed E-state index contributed by atoms with van der Waals surface area (Å²) in [6.45, 7) is 2.98. The standard InChI is InChI=1S/C18H28N2O4S.ClH/c1-18(13-19,14-6-7-14)20-17(21)5-3-4-12-24-15-8-10-16(11-9-15)25(2,22)23;/h8-11,14H,3-7,12-13,19H2,1-2H3,(H,20,21);1H. The molecule has 26 heavy (non-hydrogen) atoms. The van der Waals surface area contributed by atoms with Gasteiger partial charge in [-0.05, 0) is 62.8 Å². The molecule has 1 atom stereocenters. The molecular weight excluding hydrogens is 376 g/mol. The Labute approximate surface area is 162 Å². The van der Waals surface area contributed by atoms with Crippen LogP contribution in [0.2, 0.25) is 0 Å². The van der Waals surface area contributed by atoms with E-state index in [1.54, 1.807) is 12.1 Å². The van der Waals surface area contributed by atoms with E-state index in [1.165, 1.54) is 18.4 Å². The topological polar surface area (TPSA) is 98.5 Å². The van der Waals surface area contributed by atoms with Gasteiger partial charge in [0.2, 0.25) is 5.91 Å². The van der Waals surface area contributed by atoms with E-state index >= 15 is 0 Å². The number of rotatable bonds is 10. The van der Waals surface area contributed by atoms with Crippen LogP contribution >= 0.6 is 12.4 Å². The van der Waals surface area contributed by atoms with Crippen molar-refractivity contribution in [3.8, 4) is 5.75 Å². The SMILES string of the molecule is CC(CN)(NC(=O)CCCCOc1ccc(S(C)(=O)=O)cc1)C1CC1.Cl. The number of ether oxygens (including phenoxy) is 1. The lowest BCUT2D eigenvalue weighted by atomic mass is 9.95. The number of carbonyl (C=O) groups is 1. The number of hydrogen-bond donors (Lipinski definition) is 2. The van der Waals surface area contributed by atoms with Gasteiger partial charge in [-0.3, -0.25) is 4.79 Å². The molecule has 2 rings (SSSR count). The van der Waals surface area contributed by atoms with Crippen LogP contribution < -0.4 is 15.8 Å². The Hall–Kier alpha value is -1.31. The molecule has 6 nitrogen and oxygen atoms in total. The van der Waals surface area contributed by atoms with E-state index < -0.39 is 9.84 Å². The first-order valence-corrected chi connectivity index (χ1v) is 10.6. The molecule has 1 aromatic carbocycles. The molecule has 1 aliphatic carbocycles. The van der Waals surface area contributed by atoms with E-state index in [4.69, 9.17) is 10.5 Å². The first kappa shape index (κ1) is 22.7. The summed E-state index contributed by atoms with van der Waals surface area (Å²) in [6, 6.07) is 6.35. The monoisotopic (exact) mass is 404 g/mol. The third-order valence-corrected chi connectivity index (χ3v) is 5.77. The number of hydrogen-bond acceptors (Lipinski definition) is 5. The molecule has 1 amide bonds. The lowest BCUT2D eigenvalue weighted by Gasteiger charge is -2.29. The first-order valence-electron chi connectivity index (χ1n) is 8.68. The van der Waals surface area contributed by atoms with Crippen LogP contribution in [0.5, 0.6) is 5.75 Å². The Morgan fingerprint density at radius 1 is 1.27 bits per heavy atom. The molecule has 1 aliphatic rings. The quantitative estimate of drug-likeness (QED) is 0.583. The zero-order valence-corrected chi connectivity index (χ0v) is 17.0. The fraction of sp³-hybridized carbons (Fsp3) is 0.611. The van der Waals surface area contributed by atoms with Gasteiger partial charge in [-0.2, -0.15) is 0 Å². The van der Waals surface area contributed by atoms with Gasteiger partial charge in [0.05, 0.1) is 17.0 Å². The molecule has 0 radical (unpaired) electrons. The van der Waals surface area contributed by atoms with Crippen LogP contribution in [0, 0.1) is 5.92 Å². The van der Waals surface area contributed by atoms with Gasteiger partial charge in [-0.1, -0.05) is 0 Å². The summed E-state index contributed by atoms with van der Waals surface area (Å²) < 4.78 is 28.4. The number of nitrogens with one attached hydrogen (secondary N) is 1. The predicted molar refractivity (Wildman–Crippen MR) is 104 cm³/mol. The van der Waals surface area contributed by atoms with Gasteiger partial charge < -0.3 is 15.8 Å². The second-order valence-corrected chi connectivity index (χ2v) is 9.01. The summed E-state index contributed by atoms with van der Waals surface area (Å²) >= 11 is 0. The van der Waals surface area contributed by atoms with Crippen LogP contribution in [0.25, 0.3) is 0 Å². The van der Waals surface area contributed by atoms with E-state index in [-0.39, 0.29) is 28.7 Å². The van der Waals surface area contributed by atoms with Gasteiger partial charge in [0.25, 0.3) is 0 Å². The highest BCUT2D eigenvalue weighted by Gasteiger charge is 2.41. The molecule has 1 aromatic rings. The van der Waals surface area contributed by atoms with Crippen molar-refractivity contribution in [2.45, 2.75) is 49.5 Å². The number of benzene rings is 1. The Morgan fingerprint density at radius 3 is 2.38 bits per heavy atom. The molecule has 1 fully saturated rings. The zero-order chi connectivity index (χ0) is 18.5. The van der Waals surface area contributed by atoms with Crippen LogP contribution in [0.3, 0.4) is 0 Å². The van der Waals surface area contributed by atoms with E-state index in [0.29, 0.717) is 31.2 Å². The molecule has 3 N–H and O–H groups in total. The average molecular weight is 405 g/mol. The summed E-state index contributed by atoms with van der Waals surface area (Å²) in [5, 5.41) is 3.07. The Balaban J connectivity index is 0.00000338. The fourth-order valence-electron chi connectivity index (χ4n) is 2.78. The van der Waals surface area contributed by atoms with Crippen molar-refractivity contribution < 1.29 is 17.9 Å². The highest BCUT2D eigenvalue weighted by molar-refractivity contribution is 7.90. The number of amides is 1. The average Bonchev–Trinajstić information content (AvgIpc) is 3.39. The predicted octanol–water partition coefficient (Wildman–Crippen LogP) is 2.30. The molecule has 0 aromatic heterocycles. The summed E-state index contributed by atoms with van der Waals surface area (Å²) in [7, 11) is -3.19. The highest BCUT2D eigenvalue weighted by Crippen LogP contribution is 2.39. The minimum atomic E-state index is -3.19. The van der Waals surface area contributed by atoms with Crippen molar-refractivity contribution in [3.05, 3.63) is 24.3 Å². The molecule has 0 aliphatic heterocycles. The van der Waals surface area contributed by atoms with Gasteiger partial charge in [0.1, 0.15) is 5.75 Å². The lowest BCUT2D eigenvalue weighted by molar-refractivity contribution is -0.123. The van der Waals surface area contributed by atoms with Crippen LogP contribution in [-0.4, -0.2) is 39.3 Å². The molecule has 0 spiro atoms. The summed E-state index contributed by atoms with van der Waals surface area (Å²) in [6.07, 6.45) is 5.40. The Bertz CT molecular complexity index is 690. The zero-order valence-electron chi connectivity index (χ0n) is 15.4. The van der Waals surface area contributed by atoms with Gasteiger partial charge in [-0.25, -0.2) is 8.42 Å². The van der Waals surface area contributed by atoms with E-state index in [2.05, 4.69) is 5.32 Å². The maximum absolute atomic E-state index is 12.1. The molecule has 1 saturated carbocycles. The lowest BCUT2D eigenvalue weighted by Crippen LogP contribution is -2.53.